The zero-order valence-corrected chi connectivity index (χ0v) is 15.5. The molecular formula is C19H25N3O2S. The summed E-state index contributed by atoms with van der Waals surface area (Å²) in [5.74, 6) is 3.42. The number of ether oxygens (including phenoxy) is 1. The van der Waals surface area contributed by atoms with Gasteiger partial charge in [0, 0.05) is 34.7 Å². The average Bonchev–Trinajstić information content (AvgIpc) is 3.02. The van der Waals surface area contributed by atoms with E-state index in [1.807, 2.05) is 11.3 Å². The van der Waals surface area contributed by atoms with Crippen LogP contribution in [0.2, 0.25) is 0 Å². The van der Waals surface area contributed by atoms with Gasteiger partial charge < -0.3 is 9.15 Å². The minimum atomic E-state index is 0.253. The molecule has 0 radical (unpaired) electrons. The van der Waals surface area contributed by atoms with Crippen molar-refractivity contribution in [2.45, 2.75) is 51.2 Å². The molecule has 5 rings (SSSR count). The summed E-state index contributed by atoms with van der Waals surface area (Å²) in [5.41, 5.74) is 0. The maximum atomic E-state index is 6.14. The van der Waals surface area contributed by atoms with Gasteiger partial charge in [-0.25, -0.2) is 0 Å². The highest BCUT2D eigenvalue weighted by atomic mass is 32.1. The molecule has 2 aromatic rings. The zero-order valence-electron chi connectivity index (χ0n) is 14.7. The molecule has 4 heterocycles. The predicted octanol–water partition coefficient (Wildman–Crippen LogP) is 3.40. The Kier molecular flexibility index (Phi) is 4.14. The number of aryl methyl sites for hydroxylation is 1. The van der Waals surface area contributed by atoms with Crippen LogP contribution in [0.3, 0.4) is 0 Å². The highest BCUT2D eigenvalue weighted by Gasteiger charge is 2.41. The minimum Gasteiger partial charge on any atom is -0.425 e. The number of piperidine rings is 1. The van der Waals surface area contributed by atoms with Crippen LogP contribution >= 0.6 is 11.3 Å². The summed E-state index contributed by atoms with van der Waals surface area (Å²) in [6.07, 6.45) is 4.65. The van der Waals surface area contributed by atoms with Crippen molar-refractivity contribution in [2.75, 3.05) is 19.7 Å². The number of aromatic nitrogens is 2. The SMILES string of the molecule is Cc1ccc(CN2CC[C@@H]3[C@@H](CO[C@H]3Cc3nnc(C4CC4)o3)C2)s1. The Bertz CT molecular complexity index is 739. The lowest BCUT2D eigenvalue weighted by molar-refractivity contribution is 0.0794. The van der Waals surface area contributed by atoms with E-state index in [0.29, 0.717) is 17.8 Å². The lowest BCUT2D eigenvalue weighted by atomic mass is 9.83. The Labute approximate surface area is 152 Å². The first kappa shape index (κ1) is 16.0. The van der Waals surface area contributed by atoms with E-state index in [-0.39, 0.29) is 6.10 Å². The Morgan fingerprint density at radius 3 is 2.96 bits per heavy atom. The largest absolute Gasteiger partial charge is 0.425 e. The molecule has 3 fully saturated rings. The van der Waals surface area contributed by atoms with Gasteiger partial charge in [-0.2, -0.15) is 0 Å². The molecule has 2 saturated heterocycles. The topological polar surface area (TPSA) is 51.4 Å². The van der Waals surface area contributed by atoms with E-state index in [1.54, 1.807) is 0 Å². The maximum absolute atomic E-state index is 6.14. The van der Waals surface area contributed by atoms with Crippen LogP contribution in [0.15, 0.2) is 16.5 Å². The molecule has 1 saturated carbocycles. The van der Waals surface area contributed by atoms with E-state index in [1.165, 1.54) is 29.0 Å². The third-order valence-corrected chi connectivity index (χ3v) is 6.82. The van der Waals surface area contributed by atoms with Gasteiger partial charge in [-0.05, 0) is 50.8 Å². The van der Waals surface area contributed by atoms with Crippen LogP contribution < -0.4 is 0 Å². The quantitative estimate of drug-likeness (QED) is 0.819. The Morgan fingerprint density at radius 1 is 1.24 bits per heavy atom. The number of rotatable bonds is 5. The molecular weight excluding hydrogens is 334 g/mol. The Morgan fingerprint density at radius 2 is 2.16 bits per heavy atom. The van der Waals surface area contributed by atoms with E-state index in [2.05, 4.69) is 34.2 Å². The molecule has 1 aliphatic carbocycles. The fraction of sp³-hybridized carbons (Fsp3) is 0.684. The number of hydrogen-bond acceptors (Lipinski definition) is 6. The van der Waals surface area contributed by atoms with Gasteiger partial charge in [0.2, 0.25) is 11.8 Å². The van der Waals surface area contributed by atoms with Crippen molar-refractivity contribution in [2.24, 2.45) is 11.8 Å². The lowest BCUT2D eigenvalue weighted by Gasteiger charge is -2.35. The molecule has 2 aliphatic heterocycles. The van der Waals surface area contributed by atoms with E-state index in [4.69, 9.17) is 9.15 Å². The van der Waals surface area contributed by atoms with Crippen LogP contribution in [0.25, 0.3) is 0 Å². The second-order valence-electron chi connectivity index (χ2n) is 7.84. The molecule has 0 aromatic carbocycles. The van der Waals surface area contributed by atoms with Gasteiger partial charge in [0.15, 0.2) is 0 Å². The van der Waals surface area contributed by atoms with Crippen molar-refractivity contribution in [1.82, 2.24) is 15.1 Å². The normalized spacial score (nSPS) is 29.9. The number of fused-ring (bicyclic) bond motifs is 1. The second-order valence-corrected chi connectivity index (χ2v) is 9.22. The van der Waals surface area contributed by atoms with Crippen LogP contribution in [-0.2, 0) is 17.7 Å². The molecule has 6 heteroatoms. The van der Waals surface area contributed by atoms with Crippen molar-refractivity contribution in [3.8, 4) is 0 Å². The third-order valence-electron chi connectivity index (χ3n) is 5.84. The summed E-state index contributed by atoms with van der Waals surface area (Å²) in [6.45, 7) is 6.45. The Balaban J connectivity index is 1.18. The standard InChI is InChI=1S/C19H25N3O2S/c1-12-2-5-15(25-12)10-22-7-6-16-14(9-22)11-23-17(16)8-18-20-21-19(24-18)13-3-4-13/h2,5,13-14,16-17H,3-4,6-11H2,1H3/t14-,16-,17+/m1/s1. The number of hydrogen-bond donors (Lipinski definition) is 0. The lowest BCUT2D eigenvalue weighted by Crippen LogP contribution is -2.41. The van der Waals surface area contributed by atoms with Crippen LogP contribution in [0.4, 0.5) is 0 Å². The van der Waals surface area contributed by atoms with Crippen molar-refractivity contribution < 1.29 is 9.15 Å². The highest BCUT2D eigenvalue weighted by Crippen LogP contribution is 2.40. The van der Waals surface area contributed by atoms with Crippen LogP contribution in [0.5, 0.6) is 0 Å². The van der Waals surface area contributed by atoms with Gasteiger partial charge in [-0.3, -0.25) is 4.90 Å². The monoisotopic (exact) mass is 359 g/mol. The van der Waals surface area contributed by atoms with Crippen molar-refractivity contribution >= 4 is 11.3 Å². The Hall–Kier alpha value is -1.24. The molecule has 3 atom stereocenters. The molecule has 3 aliphatic rings. The van der Waals surface area contributed by atoms with Crippen LogP contribution in [0, 0.1) is 18.8 Å². The summed E-state index contributed by atoms with van der Waals surface area (Å²) in [5, 5.41) is 8.45. The first-order valence-corrected chi connectivity index (χ1v) is 10.3. The van der Waals surface area contributed by atoms with Gasteiger partial charge >= 0.3 is 0 Å². The first-order valence-electron chi connectivity index (χ1n) is 9.46. The third kappa shape index (κ3) is 3.39. The highest BCUT2D eigenvalue weighted by molar-refractivity contribution is 7.11. The minimum absolute atomic E-state index is 0.253. The van der Waals surface area contributed by atoms with Crippen molar-refractivity contribution in [3.63, 3.8) is 0 Å². The average molecular weight is 359 g/mol. The number of likely N-dealkylation sites (tertiary alicyclic amines) is 1. The molecule has 0 amide bonds. The fourth-order valence-electron chi connectivity index (χ4n) is 4.32. The number of thiophene rings is 1. The first-order chi connectivity index (χ1) is 12.2. The summed E-state index contributed by atoms with van der Waals surface area (Å²) < 4.78 is 12.0. The van der Waals surface area contributed by atoms with Gasteiger partial charge in [0.25, 0.3) is 0 Å². The molecule has 25 heavy (non-hydrogen) atoms. The smallest absolute Gasteiger partial charge is 0.219 e. The predicted molar refractivity (Wildman–Crippen MR) is 95.6 cm³/mol. The fourth-order valence-corrected chi connectivity index (χ4v) is 5.26. The van der Waals surface area contributed by atoms with Gasteiger partial charge in [0.1, 0.15) is 0 Å². The summed E-state index contributed by atoms with van der Waals surface area (Å²) >= 11 is 1.92. The molecule has 5 nitrogen and oxygen atoms in total. The van der Waals surface area contributed by atoms with E-state index < -0.39 is 0 Å². The summed E-state index contributed by atoms with van der Waals surface area (Å²) in [7, 11) is 0. The van der Waals surface area contributed by atoms with Gasteiger partial charge in [-0.15, -0.1) is 21.5 Å². The molecule has 0 bridgehead atoms. The van der Waals surface area contributed by atoms with Crippen LogP contribution in [0.1, 0.15) is 46.7 Å². The van der Waals surface area contributed by atoms with Crippen molar-refractivity contribution in [3.05, 3.63) is 33.7 Å². The zero-order chi connectivity index (χ0) is 16.8. The second kappa shape index (κ2) is 6.49. The van der Waals surface area contributed by atoms with Crippen molar-refractivity contribution in [1.29, 1.82) is 0 Å². The number of nitrogens with zero attached hydrogens (tertiary/aromatic N) is 3. The molecule has 2 aromatic heterocycles. The molecule has 0 spiro atoms. The van der Waals surface area contributed by atoms with E-state index in [0.717, 1.165) is 44.4 Å². The van der Waals surface area contributed by atoms with Gasteiger partial charge in [0.05, 0.1) is 19.1 Å². The summed E-state index contributed by atoms with van der Waals surface area (Å²) in [4.78, 5) is 5.47. The maximum Gasteiger partial charge on any atom is 0.219 e. The summed E-state index contributed by atoms with van der Waals surface area (Å²) in [6, 6.07) is 4.49. The van der Waals surface area contributed by atoms with E-state index >= 15 is 0 Å². The molecule has 0 unspecified atom stereocenters. The van der Waals surface area contributed by atoms with Gasteiger partial charge in [-0.1, -0.05) is 0 Å². The van der Waals surface area contributed by atoms with Crippen LogP contribution in [-0.4, -0.2) is 40.9 Å². The molecule has 0 N–H and O–H groups in total. The molecule has 134 valence electrons. The van der Waals surface area contributed by atoms with E-state index in [9.17, 15) is 0 Å².